The van der Waals surface area contributed by atoms with Crippen LogP contribution in [0.3, 0.4) is 0 Å². The molecule has 2 aromatic rings. The molecule has 0 radical (unpaired) electrons. The van der Waals surface area contributed by atoms with Crippen molar-refractivity contribution in [1.82, 2.24) is 4.98 Å². The van der Waals surface area contributed by atoms with Crippen molar-refractivity contribution in [3.8, 4) is 10.4 Å². The summed E-state index contributed by atoms with van der Waals surface area (Å²) in [6.07, 6.45) is 0. The lowest BCUT2D eigenvalue weighted by Gasteiger charge is -2.00. The Bertz CT molecular complexity index is 481. The van der Waals surface area contributed by atoms with Gasteiger partial charge in [0.05, 0.1) is 22.2 Å². The normalized spacial score (nSPS) is 10.6. The summed E-state index contributed by atoms with van der Waals surface area (Å²) in [5, 5.41) is 9.94. The average Bonchev–Trinajstić information content (AvgIpc) is 2.60. The van der Waals surface area contributed by atoms with Gasteiger partial charge in [-0.15, -0.1) is 11.3 Å². The molecule has 0 bridgehead atoms. The third kappa shape index (κ3) is 1.91. The molecule has 0 amide bonds. The highest BCUT2D eigenvalue weighted by Gasteiger charge is 2.13. The monoisotopic (exact) mass is 223 g/mol. The van der Waals surface area contributed by atoms with E-state index in [1.807, 2.05) is 6.92 Å². The Hall–Kier alpha value is -1.26. The largest absolute Gasteiger partial charge is 0.390 e. The summed E-state index contributed by atoms with van der Waals surface area (Å²) in [4.78, 5) is 4.86. The first-order valence-corrected chi connectivity index (χ1v) is 5.36. The molecule has 0 fully saturated rings. The third-order valence-corrected chi connectivity index (χ3v) is 3.12. The maximum absolute atomic E-state index is 13.5. The molecule has 1 aromatic heterocycles. The van der Waals surface area contributed by atoms with Crippen molar-refractivity contribution in [2.75, 3.05) is 0 Å². The minimum atomic E-state index is -0.282. The van der Waals surface area contributed by atoms with Crippen molar-refractivity contribution < 1.29 is 9.50 Å². The van der Waals surface area contributed by atoms with E-state index in [4.69, 9.17) is 5.11 Å². The lowest BCUT2D eigenvalue weighted by Crippen LogP contribution is -1.88. The lowest BCUT2D eigenvalue weighted by molar-refractivity contribution is 0.278. The van der Waals surface area contributed by atoms with Crippen LogP contribution in [0.1, 0.15) is 10.7 Å². The van der Waals surface area contributed by atoms with E-state index >= 15 is 0 Å². The highest BCUT2D eigenvalue weighted by Crippen LogP contribution is 2.31. The van der Waals surface area contributed by atoms with Gasteiger partial charge in [-0.1, -0.05) is 18.2 Å². The van der Waals surface area contributed by atoms with Crippen LogP contribution in [-0.2, 0) is 6.61 Å². The molecule has 1 heterocycles. The minimum absolute atomic E-state index is 0.159. The molecule has 4 heteroatoms. The standard InChI is InChI=1S/C11H10FNOS/c1-7-13-10(6-14)11(15-7)8-4-2-3-5-9(8)12/h2-5,14H,6H2,1H3. The topological polar surface area (TPSA) is 33.1 Å². The molecule has 2 nitrogen and oxygen atoms in total. The molecule has 1 aromatic carbocycles. The van der Waals surface area contributed by atoms with Gasteiger partial charge in [0.25, 0.3) is 0 Å². The second kappa shape index (κ2) is 4.08. The van der Waals surface area contributed by atoms with Crippen molar-refractivity contribution in [2.45, 2.75) is 13.5 Å². The first-order chi connectivity index (χ1) is 7.22. The molecular formula is C11H10FNOS. The zero-order chi connectivity index (χ0) is 10.8. The van der Waals surface area contributed by atoms with Crippen LogP contribution >= 0.6 is 11.3 Å². The van der Waals surface area contributed by atoms with E-state index in [1.165, 1.54) is 17.4 Å². The zero-order valence-corrected chi connectivity index (χ0v) is 9.01. The first kappa shape index (κ1) is 10.3. The number of thiazole rings is 1. The van der Waals surface area contributed by atoms with Crippen molar-refractivity contribution >= 4 is 11.3 Å². The van der Waals surface area contributed by atoms with Crippen molar-refractivity contribution in [3.63, 3.8) is 0 Å². The van der Waals surface area contributed by atoms with Crippen molar-refractivity contribution in [2.24, 2.45) is 0 Å². The number of rotatable bonds is 2. The fourth-order valence-electron chi connectivity index (χ4n) is 1.43. The summed E-state index contributed by atoms with van der Waals surface area (Å²) >= 11 is 1.40. The highest BCUT2D eigenvalue weighted by molar-refractivity contribution is 7.15. The Labute approximate surface area is 91.0 Å². The van der Waals surface area contributed by atoms with Crippen molar-refractivity contribution in [3.05, 3.63) is 40.8 Å². The fraction of sp³-hybridized carbons (Fsp3) is 0.182. The van der Waals surface area contributed by atoms with Crippen molar-refractivity contribution in [1.29, 1.82) is 0 Å². The van der Waals surface area contributed by atoms with E-state index in [0.29, 0.717) is 16.1 Å². The maximum Gasteiger partial charge on any atom is 0.131 e. The molecule has 15 heavy (non-hydrogen) atoms. The van der Waals surface area contributed by atoms with E-state index in [2.05, 4.69) is 4.98 Å². The van der Waals surface area contributed by atoms with Gasteiger partial charge in [0.1, 0.15) is 5.82 Å². The zero-order valence-electron chi connectivity index (χ0n) is 8.20. The molecule has 2 rings (SSSR count). The molecule has 0 unspecified atom stereocenters. The average molecular weight is 223 g/mol. The number of benzene rings is 1. The quantitative estimate of drug-likeness (QED) is 0.849. The molecule has 0 aliphatic rings. The van der Waals surface area contributed by atoms with Gasteiger partial charge in [0.2, 0.25) is 0 Å². The van der Waals surface area contributed by atoms with E-state index in [1.54, 1.807) is 18.2 Å². The van der Waals surface area contributed by atoms with Crippen LogP contribution in [0.2, 0.25) is 0 Å². The van der Waals surface area contributed by atoms with Crippen LogP contribution in [0, 0.1) is 12.7 Å². The van der Waals surface area contributed by atoms with Gasteiger partial charge in [-0.2, -0.15) is 0 Å². The summed E-state index contributed by atoms with van der Waals surface area (Å²) in [6, 6.07) is 6.52. The number of aliphatic hydroxyl groups is 1. The molecule has 1 N–H and O–H groups in total. The van der Waals surface area contributed by atoms with E-state index in [-0.39, 0.29) is 12.4 Å². The SMILES string of the molecule is Cc1nc(CO)c(-c2ccccc2F)s1. The second-order valence-corrected chi connectivity index (χ2v) is 4.35. The van der Waals surface area contributed by atoms with Crippen LogP contribution in [-0.4, -0.2) is 10.1 Å². The Kier molecular flexibility index (Phi) is 2.79. The van der Waals surface area contributed by atoms with Crippen LogP contribution in [0.4, 0.5) is 4.39 Å². The Morgan fingerprint density at radius 3 is 2.80 bits per heavy atom. The molecule has 0 atom stereocenters. The lowest BCUT2D eigenvalue weighted by atomic mass is 10.1. The number of nitrogens with zero attached hydrogens (tertiary/aromatic N) is 1. The summed E-state index contributed by atoms with van der Waals surface area (Å²) in [6.45, 7) is 1.68. The molecule has 0 spiro atoms. The smallest absolute Gasteiger partial charge is 0.131 e. The summed E-state index contributed by atoms with van der Waals surface area (Å²) in [5.41, 5.74) is 1.05. The minimum Gasteiger partial charge on any atom is -0.390 e. The maximum atomic E-state index is 13.5. The molecule has 0 saturated heterocycles. The number of aromatic nitrogens is 1. The first-order valence-electron chi connectivity index (χ1n) is 4.54. The van der Waals surface area contributed by atoms with Gasteiger partial charge in [0, 0.05) is 5.56 Å². The molecule has 0 aliphatic carbocycles. The summed E-state index contributed by atoms with van der Waals surface area (Å²) < 4.78 is 13.5. The van der Waals surface area contributed by atoms with Gasteiger partial charge in [-0.3, -0.25) is 0 Å². The van der Waals surface area contributed by atoms with Crippen LogP contribution in [0.25, 0.3) is 10.4 Å². The Morgan fingerprint density at radius 2 is 2.13 bits per heavy atom. The van der Waals surface area contributed by atoms with Gasteiger partial charge in [0.15, 0.2) is 0 Å². The fourth-order valence-corrected chi connectivity index (χ4v) is 2.39. The molecule has 0 saturated carbocycles. The van der Waals surface area contributed by atoms with Gasteiger partial charge in [-0.05, 0) is 13.0 Å². The van der Waals surface area contributed by atoms with E-state index < -0.39 is 0 Å². The Morgan fingerprint density at radius 1 is 1.40 bits per heavy atom. The summed E-state index contributed by atoms with van der Waals surface area (Å²) in [5.74, 6) is -0.282. The van der Waals surface area contributed by atoms with Crippen LogP contribution < -0.4 is 0 Å². The number of aryl methyl sites for hydroxylation is 1. The molecular weight excluding hydrogens is 213 g/mol. The van der Waals surface area contributed by atoms with Crippen LogP contribution in [0.5, 0.6) is 0 Å². The van der Waals surface area contributed by atoms with Crippen LogP contribution in [0.15, 0.2) is 24.3 Å². The van der Waals surface area contributed by atoms with Gasteiger partial charge < -0.3 is 5.11 Å². The highest BCUT2D eigenvalue weighted by atomic mass is 32.1. The number of hydrogen-bond acceptors (Lipinski definition) is 3. The third-order valence-electron chi connectivity index (χ3n) is 2.07. The summed E-state index contributed by atoms with van der Waals surface area (Å²) in [7, 11) is 0. The Balaban J connectivity index is 2.58. The predicted molar refractivity (Wildman–Crippen MR) is 58.2 cm³/mol. The van der Waals surface area contributed by atoms with E-state index in [9.17, 15) is 4.39 Å². The second-order valence-electron chi connectivity index (χ2n) is 3.15. The number of hydrogen-bond donors (Lipinski definition) is 1. The predicted octanol–water partition coefficient (Wildman–Crippen LogP) is 2.75. The van der Waals surface area contributed by atoms with E-state index in [0.717, 1.165) is 5.01 Å². The molecule has 0 aliphatic heterocycles. The van der Waals surface area contributed by atoms with Gasteiger partial charge >= 0.3 is 0 Å². The van der Waals surface area contributed by atoms with Gasteiger partial charge in [-0.25, -0.2) is 9.37 Å². The number of halogens is 1. The number of aliphatic hydroxyl groups excluding tert-OH is 1. The molecule has 78 valence electrons.